The van der Waals surface area contributed by atoms with Crippen LogP contribution >= 0.6 is 0 Å². The third kappa shape index (κ3) is 2.31. The fraction of sp³-hybridized carbons (Fsp3) is 0.200. The lowest BCUT2D eigenvalue weighted by Gasteiger charge is -2.24. The average Bonchev–Trinajstić information content (AvgIpc) is 2.90. The molecule has 0 fully saturated rings. The van der Waals surface area contributed by atoms with Crippen LogP contribution in [0.2, 0.25) is 0 Å². The molecule has 0 bridgehead atoms. The Morgan fingerprint density at radius 1 is 1.39 bits per heavy atom. The number of nitrogens with two attached hydrogens (primary N) is 1. The molecule has 0 radical (unpaired) electrons. The summed E-state index contributed by atoms with van der Waals surface area (Å²) < 4.78 is 38.9. The van der Waals surface area contributed by atoms with E-state index in [1.807, 2.05) is 6.07 Å². The number of H-pyrrole nitrogens is 1. The summed E-state index contributed by atoms with van der Waals surface area (Å²) in [7, 11) is 1.46. The van der Waals surface area contributed by atoms with Gasteiger partial charge in [0.1, 0.15) is 23.3 Å². The van der Waals surface area contributed by atoms with E-state index < -0.39 is 17.6 Å². The van der Waals surface area contributed by atoms with Crippen molar-refractivity contribution in [2.45, 2.75) is 12.5 Å². The molecule has 0 saturated heterocycles. The fourth-order valence-corrected chi connectivity index (χ4v) is 2.64. The van der Waals surface area contributed by atoms with Gasteiger partial charge in [-0.2, -0.15) is 5.26 Å². The summed E-state index contributed by atoms with van der Waals surface area (Å²) in [6.07, 6.45) is 0. The summed E-state index contributed by atoms with van der Waals surface area (Å²) in [6, 6.07) is 5.36. The monoisotopic (exact) mass is 318 g/mol. The van der Waals surface area contributed by atoms with E-state index in [4.69, 9.17) is 15.2 Å². The van der Waals surface area contributed by atoms with Crippen molar-refractivity contribution in [2.24, 2.45) is 5.73 Å². The van der Waals surface area contributed by atoms with Crippen molar-refractivity contribution in [3.8, 4) is 11.9 Å². The molecule has 3 rings (SSSR count). The predicted octanol–water partition coefficient (Wildman–Crippen LogP) is 2.05. The van der Waals surface area contributed by atoms with Crippen molar-refractivity contribution in [2.75, 3.05) is 7.11 Å². The van der Waals surface area contributed by atoms with Crippen LogP contribution in [-0.4, -0.2) is 17.3 Å². The Morgan fingerprint density at radius 2 is 2.09 bits per heavy atom. The van der Waals surface area contributed by atoms with Gasteiger partial charge in [-0.15, -0.1) is 5.10 Å². The van der Waals surface area contributed by atoms with Gasteiger partial charge in [-0.3, -0.25) is 5.10 Å². The van der Waals surface area contributed by atoms with Crippen molar-refractivity contribution < 1.29 is 18.3 Å². The Morgan fingerprint density at radius 3 is 2.70 bits per heavy atom. The molecule has 0 aliphatic carbocycles. The molecular weight excluding hydrogens is 306 g/mol. The van der Waals surface area contributed by atoms with Gasteiger partial charge in [-0.25, -0.2) is 8.78 Å². The molecule has 0 saturated carbocycles. The Bertz CT molecular complexity index is 818. The van der Waals surface area contributed by atoms with Gasteiger partial charge in [0.15, 0.2) is 0 Å². The number of rotatable bonds is 3. The molecule has 1 aliphatic heterocycles. The highest BCUT2D eigenvalue weighted by Crippen LogP contribution is 2.44. The van der Waals surface area contributed by atoms with E-state index in [2.05, 4.69) is 10.2 Å². The van der Waals surface area contributed by atoms with Crippen LogP contribution < -0.4 is 10.5 Å². The summed E-state index contributed by atoms with van der Waals surface area (Å²) in [5.41, 5.74) is 6.14. The highest BCUT2D eigenvalue weighted by atomic mass is 19.1. The second-order valence-corrected chi connectivity index (χ2v) is 4.91. The average molecular weight is 318 g/mol. The van der Waals surface area contributed by atoms with Gasteiger partial charge >= 0.3 is 0 Å². The first-order chi connectivity index (χ1) is 11.1. The molecular formula is C15H12F2N4O2. The molecule has 118 valence electrons. The number of nitriles is 1. The van der Waals surface area contributed by atoms with Crippen LogP contribution in [0, 0.1) is 23.0 Å². The predicted molar refractivity (Wildman–Crippen MR) is 75.0 cm³/mol. The SMILES string of the molecule is COCc1[nH]nc2c1C(c1c(F)cccc1F)C(C#N)=C(N)O2. The quantitative estimate of drug-likeness (QED) is 0.903. The van der Waals surface area contributed by atoms with Crippen LogP contribution in [0.4, 0.5) is 8.78 Å². The minimum Gasteiger partial charge on any atom is -0.420 e. The summed E-state index contributed by atoms with van der Waals surface area (Å²) >= 11 is 0. The first-order valence-corrected chi connectivity index (χ1v) is 6.66. The number of aromatic nitrogens is 2. The maximum Gasteiger partial charge on any atom is 0.244 e. The fourth-order valence-electron chi connectivity index (χ4n) is 2.64. The van der Waals surface area contributed by atoms with Crippen LogP contribution in [0.1, 0.15) is 22.7 Å². The normalized spacial score (nSPS) is 16.7. The molecule has 1 aliphatic rings. The van der Waals surface area contributed by atoms with Gasteiger partial charge in [0.25, 0.3) is 0 Å². The molecule has 1 atom stereocenters. The third-order valence-electron chi connectivity index (χ3n) is 3.59. The maximum absolute atomic E-state index is 14.3. The lowest BCUT2D eigenvalue weighted by atomic mass is 9.83. The van der Waals surface area contributed by atoms with Crippen LogP contribution in [0.5, 0.6) is 5.88 Å². The number of benzene rings is 1. The molecule has 8 heteroatoms. The minimum atomic E-state index is -1.06. The standard InChI is InChI=1S/C15H12F2N4O2/c1-22-6-10-13-11(12-8(16)3-2-4-9(12)17)7(5-18)14(19)23-15(13)21-20-10/h2-4,11H,6,19H2,1H3,(H,20,21). The van der Waals surface area contributed by atoms with E-state index in [-0.39, 0.29) is 29.5 Å². The molecule has 2 aromatic rings. The number of methoxy groups -OCH3 is 1. The number of nitrogens with one attached hydrogen (secondary N) is 1. The van der Waals surface area contributed by atoms with Crippen molar-refractivity contribution in [3.63, 3.8) is 0 Å². The second kappa shape index (κ2) is 5.70. The number of halogens is 2. The minimum absolute atomic E-state index is 0.0706. The summed E-state index contributed by atoms with van der Waals surface area (Å²) in [6.45, 7) is 0.108. The summed E-state index contributed by atoms with van der Waals surface area (Å²) in [5, 5.41) is 16.0. The zero-order valence-electron chi connectivity index (χ0n) is 12.1. The molecule has 23 heavy (non-hydrogen) atoms. The van der Waals surface area contributed by atoms with Crippen LogP contribution in [0.3, 0.4) is 0 Å². The third-order valence-corrected chi connectivity index (χ3v) is 3.59. The number of nitrogens with zero attached hydrogens (tertiary/aromatic N) is 2. The lowest BCUT2D eigenvalue weighted by molar-refractivity contribution is 0.180. The molecule has 1 unspecified atom stereocenters. The van der Waals surface area contributed by atoms with E-state index in [1.54, 1.807) is 0 Å². The first-order valence-electron chi connectivity index (χ1n) is 6.66. The molecule has 0 spiro atoms. The van der Waals surface area contributed by atoms with Crippen LogP contribution in [-0.2, 0) is 11.3 Å². The van der Waals surface area contributed by atoms with E-state index in [1.165, 1.54) is 13.2 Å². The first kappa shape index (κ1) is 15.0. The van der Waals surface area contributed by atoms with Gasteiger partial charge in [0.05, 0.1) is 23.8 Å². The largest absolute Gasteiger partial charge is 0.420 e. The number of hydrogen-bond acceptors (Lipinski definition) is 5. The Hall–Kier alpha value is -2.92. The molecule has 0 amide bonds. The molecule has 1 aromatic carbocycles. The van der Waals surface area contributed by atoms with Crippen molar-refractivity contribution in [1.29, 1.82) is 5.26 Å². The summed E-state index contributed by atoms with van der Waals surface area (Å²) in [5.74, 6) is -2.79. The van der Waals surface area contributed by atoms with Gasteiger partial charge < -0.3 is 15.2 Å². The van der Waals surface area contributed by atoms with Crippen LogP contribution in [0.25, 0.3) is 0 Å². The number of allylic oxidation sites excluding steroid dienone is 1. The molecule has 6 nitrogen and oxygen atoms in total. The highest BCUT2D eigenvalue weighted by molar-refractivity contribution is 5.55. The maximum atomic E-state index is 14.3. The van der Waals surface area contributed by atoms with Crippen LogP contribution in [0.15, 0.2) is 29.7 Å². The smallest absolute Gasteiger partial charge is 0.244 e. The Balaban J connectivity index is 2.29. The van der Waals surface area contributed by atoms with Crippen molar-refractivity contribution in [1.82, 2.24) is 10.2 Å². The molecule has 2 heterocycles. The summed E-state index contributed by atoms with van der Waals surface area (Å²) in [4.78, 5) is 0. The van der Waals surface area contributed by atoms with Crippen molar-refractivity contribution in [3.05, 3.63) is 58.1 Å². The number of fused-ring (bicyclic) bond motifs is 1. The molecule has 3 N–H and O–H groups in total. The zero-order chi connectivity index (χ0) is 16.6. The topological polar surface area (TPSA) is 97.0 Å². The van der Waals surface area contributed by atoms with Gasteiger partial charge in [0, 0.05) is 12.7 Å². The van der Waals surface area contributed by atoms with E-state index in [0.717, 1.165) is 12.1 Å². The van der Waals surface area contributed by atoms with E-state index in [0.29, 0.717) is 11.3 Å². The number of aromatic amines is 1. The van der Waals surface area contributed by atoms with Crippen molar-refractivity contribution >= 4 is 0 Å². The van der Waals surface area contributed by atoms with Gasteiger partial charge in [-0.05, 0) is 12.1 Å². The molecule has 1 aromatic heterocycles. The van der Waals surface area contributed by atoms with E-state index in [9.17, 15) is 14.0 Å². The number of ether oxygens (including phenoxy) is 2. The Labute approximate surface area is 130 Å². The zero-order valence-corrected chi connectivity index (χ0v) is 12.1. The van der Waals surface area contributed by atoms with Gasteiger partial charge in [0.2, 0.25) is 11.8 Å². The highest BCUT2D eigenvalue weighted by Gasteiger charge is 2.38. The lowest BCUT2D eigenvalue weighted by Crippen LogP contribution is -2.22. The van der Waals surface area contributed by atoms with Gasteiger partial charge in [-0.1, -0.05) is 6.07 Å². The Kier molecular flexibility index (Phi) is 3.72. The number of hydrogen-bond donors (Lipinski definition) is 2. The second-order valence-electron chi connectivity index (χ2n) is 4.91. The van der Waals surface area contributed by atoms with E-state index >= 15 is 0 Å².